The Balaban J connectivity index is 1.94. The standard InChI is InChI=1S/C22H26ClN3O3/c1-4-13-29-19-11-5-16(6-12-19)14-24-26-22(28)20(15(2)3)25-21(27)17-7-9-18(23)10-8-17/h5-12,14-15,20H,4,13H2,1-3H3,(H,25,27)(H,26,28)/b24-14+. The van der Waals surface area contributed by atoms with Gasteiger partial charge in [-0.25, -0.2) is 5.43 Å². The van der Waals surface area contributed by atoms with Crippen molar-refractivity contribution in [1.29, 1.82) is 0 Å². The Morgan fingerprint density at radius 3 is 2.34 bits per heavy atom. The van der Waals surface area contributed by atoms with Crippen molar-refractivity contribution in [3.8, 4) is 5.75 Å². The Morgan fingerprint density at radius 2 is 1.76 bits per heavy atom. The lowest BCUT2D eigenvalue weighted by Crippen LogP contribution is -2.48. The maximum Gasteiger partial charge on any atom is 0.262 e. The van der Waals surface area contributed by atoms with Gasteiger partial charge in [0, 0.05) is 10.6 Å². The summed E-state index contributed by atoms with van der Waals surface area (Å²) in [7, 11) is 0. The molecule has 1 atom stereocenters. The van der Waals surface area contributed by atoms with Crippen LogP contribution >= 0.6 is 11.6 Å². The van der Waals surface area contributed by atoms with Crippen molar-refractivity contribution < 1.29 is 14.3 Å². The van der Waals surface area contributed by atoms with Crippen molar-refractivity contribution in [3.63, 3.8) is 0 Å². The molecule has 7 heteroatoms. The molecule has 0 aliphatic heterocycles. The van der Waals surface area contributed by atoms with E-state index >= 15 is 0 Å². The van der Waals surface area contributed by atoms with Crippen LogP contribution in [0, 0.1) is 5.92 Å². The van der Waals surface area contributed by atoms with Gasteiger partial charge in [-0.15, -0.1) is 0 Å². The van der Waals surface area contributed by atoms with Crippen molar-refractivity contribution in [1.82, 2.24) is 10.7 Å². The molecule has 0 saturated heterocycles. The van der Waals surface area contributed by atoms with E-state index in [0.29, 0.717) is 17.2 Å². The van der Waals surface area contributed by atoms with E-state index in [2.05, 4.69) is 15.8 Å². The highest BCUT2D eigenvalue weighted by molar-refractivity contribution is 6.30. The van der Waals surface area contributed by atoms with Crippen LogP contribution in [0.25, 0.3) is 0 Å². The summed E-state index contributed by atoms with van der Waals surface area (Å²) in [6.07, 6.45) is 2.49. The lowest BCUT2D eigenvalue weighted by Gasteiger charge is -2.20. The first-order chi connectivity index (χ1) is 13.9. The molecule has 6 nitrogen and oxygen atoms in total. The minimum absolute atomic E-state index is 0.114. The van der Waals surface area contributed by atoms with Gasteiger partial charge < -0.3 is 10.1 Å². The van der Waals surface area contributed by atoms with E-state index in [9.17, 15) is 9.59 Å². The third kappa shape index (κ3) is 7.23. The van der Waals surface area contributed by atoms with Crippen LogP contribution in [0.15, 0.2) is 53.6 Å². The number of carbonyl (C=O) groups excluding carboxylic acids is 2. The Hall–Kier alpha value is -2.86. The first-order valence-corrected chi connectivity index (χ1v) is 9.90. The summed E-state index contributed by atoms with van der Waals surface area (Å²) in [6, 6.07) is 13.2. The molecule has 154 valence electrons. The van der Waals surface area contributed by atoms with Crippen LogP contribution in [-0.4, -0.2) is 30.7 Å². The Morgan fingerprint density at radius 1 is 1.10 bits per heavy atom. The maximum absolute atomic E-state index is 12.5. The molecule has 0 radical (unpaired) electrons. The van der Waals surface area contributed by atoms with Crippen molar-refractivity contribution in [2.45, 2.75) is 33.2 Å². The second kappa shape index (κ2) is 11.2. The number of hydrogen-bond donors (Lipinski definition) is 2. The molecule has 0 heterocycles. The number of nitrogens with zero attached hydrogens (tertiary/aromatic N) is 1. The molecule has 0 saturated carbocycles. The highest BCUT2D eigenvalue weighted by Crippen LogP contribution is 2.12. The molecule has 0 aliphatic rings. The summed E-state index contributed by atoms with van der Waals surface area (Å²) in [5.74, 6) is -0.0575. The number of hydrogen-bond acceptors (Lipinski definition) is 4. The molecule has 1 unspecified atom stereocenters. The predicted molar refractivity (Wildman–Crippen MR) is 116 cm³/mol. The first-order valence-electron chi connectivity index (χ1n) is 9.53. The Labute approximate surface area is 176 Å². The molecule has 0 aliphatic carbocycles. The number of rotatable bonds is 9. The van der Waals surface area contributed by atoms with Crippen LogP contribution in [0.2, 0.25) is 5.02 Å². The molecular formula is C22H26ClN3O3. The number of carbonyl (C=O) groups is 2. The van der Waals surface area contributed by atoms with Crippen LogP contribution in [0.5, 0.6) is 5.75 Å². The summed E-state index contributed by atoms with van der Waals surface area (Å²) in [6.45, 7) is 6.42. The molecule has 0 fully saturated rings. The zero-order valence-electron chi connectivity index (χ0n) is 16.8. The van der Waals surface area contributed by atoms with Crippen LogP contribution in [0.1, 0.15) is 43.1 Å². The van der Waals surface area contributed by atoms with Crippen molar-refractivity contribution >= 4 is 29.6 Å². The largest absolute Gasteiger partial charge is 0.494 e. The van der Waals surface area contributed by atoms with Gasteiger partial charge in [-0.05, 0) is 66.4 Å². The summed E-state index contributed by atoms with van der Waals surface area (Å²) in [5.41, 5.74) is 3.74. The van der Waals surface area contributed by atoms with E-state index < -0.39 is 6.04 Å². The third-order valence-corrected chi connectivity index (χ3v) is 4.34. The van der Waals surface area contributed by atoms with Gasteiger partial charge in [0.2, 0.25) is 0 Å². The molecule has 2 amide bonds. The number of hydrazone groups is 1. The highest BCUT2D eigenvalue weighted by atomic mass is 35.5. The first kappa shape index (κ1) is 22.4. The molecule has 2 aromatic rings. The van der Waals surface area contributed by atoms with Crippen LogP contribution in [0.4, 0.5) is 0 Å². The number of halogens is 1. The van der Waals surface area contributed by atoms with Crippen LogP contribution in [0.3, 0.4) is 0 Å². The van der Waals surface area contributed by atoms with E-state index in [4.69, 9.17) is 16.3 Å². The number of amides is 2. The van der Waals surface area contributed by atoms with Gasteiger partial charge in [-0.1, -0.05) is 32.4 Å². The second-order valence-corrected chi connectivity index (χ2v) is 7.29. The maximum atomic E-state index is 12.5. The third-order valence-electron chi connectivity index (χ3n) is 4.08. The molecule has 2 rings (SSSR count). The van der Waals surface area contributed by atoms with Gasteiger partial charge in [0.05, 0.1) is 12.8 Å². The second-order valence-electron chi connectivity index (χ2n) is 6.85. The molecule has 29 heavy (non-hydrogen) atoms. The summed E-state index contributed by atoms with van der Waals surface area (Å²) in [5, 5.41) is 7.28. The lowest BCUT2D eigenvalue weighted by atomic mass is 10.0. The van der Waals surface area contributed by atoms with Gasteiger partial charge in [0.1, 0.15) is 11.8 Å². The Bertz CT molecular complexity index is 833. The zero-order chi connectivity index (χ0) is 21.2. The number of ether oxygens (including phenoxy) is 1. The van der Waals surface area contributed by atoms with Gasteiger partial charge in [-0.3, -0.25) is 9.59 Å². The van der Waals surface area contributed by atoms with Crippen molar-refractivity contribution in [3.05, 3.63) is 64.7 Å². The van der Waals surface area contributed by atoms with Gasteiger partial charge in [0.25, 0.3) is 11.8 Å². The highest BCUT2D eigenvalue weighted by Gasteiger charge is 2.24. The monoisotopic (exact) mass is 415 g/mol. The normalized spacial score (nSPS) is 12.0. The number of nitrogens with one attached hydrogen (secondary N) is 2. The molecule has 2 aromatic carbocycles. The minimum Gasteiger partial charge on any atom is -0.494 e. The van der Waals surface area contributed by atoms with E-state index in [1.54, 1.807) is 30.5 Å². The van der Waals surface area contributed by atoms with Crippen molar-refractivity contribution in [2.75, 3.05) is 6.61 Å². The molecular weight excluding hydrogens is 390 g/mol. The smallest absolute Gasteiger partial charge is 0.262 e. The molecule has 0 spiro atoms. The summed E-state index contributed by atoms with van der Waals surface area (Å²) < 4.78 is 5.53. The quantitative estimate of drug-likeness (QED) is 0.479. The van der Waals surface area contributed by atoms with E-state index in [0.717, 1.165) is 17.7 Å². The fourth-order valence-corrected chi connectivity index (χ4v) is 2.60. The van der Waals surface area contributed by atoms with Gasteiger partial charge >= 0.3 is 0 Å². The Kier molecular flexibility index (Phi) is 8.68. The van der Waals surface area contributed by atoms with E-state index in [-0.39, 0.29) is 17.7 Å². The van der Waals surface area contributed by atoms with Crippen LogP contribution < -0.4 is 15.5 Å². The number of benzene rings is 2. The fourth-order valence-electron chi connectivity index (χ4n) is 2.47. The van der Waals surface area contributed by atoms with Crippen LogP contribution in [-0.2, 0) is 4.79 Å². The van der Waals surface area contributed by atoms with E-state index in [1.165, 1.54) is 0 Å². The SMILES string of the molecule is CCCOc1ccc(/C=N/NC(=O)C(NC(=O)c2ccc(Cl)cc2)C(C)C)cc1. The molecule has 0 aromatic heterocycles. The minimum atomic E-state index is -0.722. The van der Waals surface area contributed by atoms with Gasteiger partial charge in [0.15, 0.2) is 0 Å². The molecule has 2 N–H and O–H groups in total. The van der Waals surface area contributed by atoms with Crippen molar-refractivity contribution in [2.24, 2.45) is 11.0 Å². The molecule has 0 bridgehead atoms. The van der Waals surface area contributed by atoms with E-state index in [1.807, 2.05) is 45.0 Å². The lowest BCUT2D eigenvalue weighted by molar-refractivity contribution is -0.123. The summed E-state index contributed by atoms with van der Waals surface area (Å²) >= 11 is 5.84. The topological polar surface area (TPSA) is 79.8 Å². The average Bonchev–Trinajstić information content (AvgIpc) is 2.71. The average molecular weight is 416 g/mol. The fraction of sp³-hybridized carbons (Fsp3) is 0.318. The van der Waals surface area contributed by atoms with Gasteiger partial charge in [-0.2, -0.15) is 5.10 Å². The predicted octanol–water partition coefficient (Wildman–Crippen LogP) is 4.03. The zero-order valence-corrected chi connectivity index (χ0v) is 17.6. The summed E-state index contributed by atoms with van der Waals surface area (Å²) in [4.78, 5) is 24.9.